The fourth-order valence-electron chi connectivity index (χ4n) is 3.18. The Morgan fingerprint density at radius 2 is 2.12 bits per heavy atom. The highest BCUT2D eigenvalue weighted by molar-refractivity contribution is 5.95. The van der Waals surface area contributed by atoms with Crippen LogP contribution in [-0.4, -0.2) is 52.2 Å². The number of pyridine rings is 1. The van der Waals surface area contributed by atoms with Crippen LogP contribution in [0.3, 0.4) is 0 Å². The lowest BCUT2D eigenvalue weighted by atomic mass is 9.76. The summed E-state index contributed by atoms with van der Waals surface area (Å²) in [5, 5.41) is 12.8. The van der Waals surface area contributed by atoms with Gasteiger partial charge in [0.1, 0.15) is 0 Å². The Hall–Kier alpha value is -2.54. The minimum absolute atomic E-state index is 0.0753. The minimum atomic E-state index is -0.271. The molecule has 0 aliphatic heterocycles. The molecule has 2 heterocycles. The number of hydrogen-bond donors (Lipinski definition) is 2. The van der Waals surface area contributed by atoms with Crippen LogP contribution in [0.1, 0.15) is 34.6 Å². The Morgan fingerprint density at radius 1 is 1.35 bits per heavy atom. The zero-order chi connectivity index (χ0) is 18.7. The number of anilines is 1. The predicted octanol–water partition coefficient (Wildman–Crippen LogP) is 1.36. The lowest BCUT2D eigenvalue weighted by Crippen LogP contribution is -2.48. The van der Waals surface area contributed by atoms with Crippen LogP contribution in [0.25, 0.3) is 0 Å². The second kappa shape index (κ2) is 7.78. The molecule has 1 atom stereocenters. The Balaban J connectivity index is 1.74. The number of aliphatic hydroxyl groups excluding tert-OH is 1. The van der Waals surface area contributed by atoms with Crippen molar-refractivity contribution in [2.45, 2.75) is 38.3 Å². The van der Waals surface area contributed by atoms with Crippen LogP contribution >= 0.6 is 0 Å². The summed E-state index contributed by atoms with van der Waals surface area (Å²) in [6, 6.07) is 5.69. The Labute approximate surface area is 153 Å². The molecule has 1 aliphatic rings. The maximum atomic E-state index is 12.8. The van der Waals surface area contributed by atoms with Gasteiger partial charge in [-0.1, -0.05) is 6.07 Å². The average Bonchev–Trinajstić information content (AvgIpc) is 2.59. The van der Waals surface area contributed by atoms with Crippen LogP contribution in [0.15, 0.2) is 30.6 Å². The van der Waals surface area contributed by atoms with Gasteiger partial charge >= 0.3 is 0 Å². The number of aliphatic hydroxyl groups is 1. The van der Waals surface area contributed by atoms with Crippen LogP contribution in [0, 0.1) is 12.8 Å². The molecule has 3 rings (SSSR count). The molecule has 0 spiro atoms. The molecule has 0 aromatic carbocycles. The van der Waals surface area contributed by atoms with Crippen molar-refractivity contribution in [2.75, 3.05) is 19.0 Å². The lowest BCUT2D eigenvalue weighted by Gasteiger charge is -2.38. The van der Waals surface area contributed by atoms with Gasteiger partial charge in [0.25, 0.3) is 5.91 Å². The van der Waals surface area contributed by atoms with Gasteiger partial charge in [-0.25, -0.2) is 9.97 Å². The van der Waals surface area contributed by atoms with Crippen LogP contribution < -0.4 is 10.2 Å². The summed E-state index contributed by atoms with van der Waals surface area (Å²) in [7, 11) is 3.72. The zero-order valence-corrected chi connectivity index (χ0v) is 15.4. The first-order valence-electron chi connectivity index (χ1n) is 8.84. The van der Waals surface area contributed by atoms with Crippen LogP contribution in [0.5, 0.6) is 0 Å². The molecule has 0 bridgehead atoms. The molecule has 2 N–H and O–H groups in total. The number of aromatic nitrogens is 3. The van der Waals surface area contributed by atoms with Crippen molar-refractivity contribution in [3.05, 3.63) is 47.5 Å². The Bertz CT molecular complexity index is 760. The van der Waals surface area contributed by atoms with Gasteiger partial charge in [-0.3, -0.25) is 9.78 Å². The van der Waals surface area contributed by atoms with E-state index in [1.807, 2.05) is 39.2 Å². The van der Waals surface area contributed by atoms with Gasteiger partial charge in [-0.05, 0) is 37.8 Å². The Kier molecular flexibility index (Phi) is 5.46. The molecule has 7 heteroatoms. The first-order chi connectivity index (χ1) is 12.4. The van der Waals surface area contributed by atoms with E-state index >= 15 is 0 Å². The van der Waals surface area contributed by atoms with E-state index in [-0.39, 0.29) is 24.0 Å². The molecule has 1 fully saturated rings. The third kappa shape index (κ3) is 4.16. The Morgan fingerprint density at radius 3 is 2.69 bits per heavy atom. The van der Waals surface area contributed by atoms with Crippen molar-refractivity contribution in [2.24, 2.45) is 5.92 Å². The molecule has 26 heavy (non-hydrogen) atoms. The molecule has 0 saturated heterocycles. The largest absolute Gasteiger partial charge is 0.393 e. The normalized spacial score (nSPS) is 20.2. The number of nitrogens with one attached hydrogen (secondary N) is 1. The smallest absolute Gasteiger partial charge is 0.254 e. The second-order valence-electron chi connectivity index (χ2n) is 7.05. The molecule has 0 radical (unpaired) electrons. The maximum Gasteiger partial charge on any atom is 0.254 e. The summed E-state index contributed by atoms with van der Waals surface area (Å²) in [6.07, 6.45) is 5.09. The summed E-state index contributed by atoms with van der Waals surface area (Å²) in [4.78, 5) is 27.6. The SMILES string of the molecule is Cc1nc(N(C)C)ncc1C(=O)N[C@@H](Cc1ccccn1)C1CC(O)C1. The fraction of sp³-hybridized carbons (Fsp3) is 0.474. The molecule has 1 aliphatic carbocycles. The average molecular weight is 355 g/mol. The molecule has 2 aromatic heterocycles. The van der Waals surface area contributed by atoms with E-state index in [9.17, 15) is 9.90 Å². The quantitative estimate of drug-likeness (QED) is 0.813. The summed E-state index contributed by atoms with van der Waals surface area (Å²) >= 11 is 0. The highest BCUT2D eigenvalue weighted by atomic mass is 16.3. The van der Waals surface area contributed by atoms with Gasteiger partial charge in [0.15, 0.2) is 0 Å². The standard InChI is InChI=1S/C19H25N5O2/c1-12-16(11-21-19(22-12)24(2)3)18(26)23-17(13-8-15(25)9-13)10-14-6-4-5-7-20-14/h4-7,11,13,15,17,25H,8-10H2,1-3H3,(H,23,26)/t13?,15?,17-/m0/s1. The molecular weight excluding hydrogens is 330 g/mol. The van der Waals surface area contributed by atoms with Crippen LogP contribution in [-0.2, 0) is 6.42 Å². The molecule has 7 nitrogen and oxygen atoms in total. The zero-order valence-electron chi connectivity index (χ0n) is 15.4. The molecule has 2 aromatic rings. The third-order valence-electron chi connectivity index (χ3n) is 4.80. The number of hydrogen-bond acceptors (Lipinski definition) is 6. The lowest BCUT2D eigenvalue weighted by molar-refractivity contribution is 0.0237. The maximum absolute atomic E-state index is 12.8. The van der Waals surface area contributed by atoms with Gasteiger partial charge in [0.2, 0.25) is 5.95 Å². The van der Waals surface area contributed by atoms with Crippen molar-refractivity contribution in [3.63, 3.8) is 0 Å². The van der Waals surface area contributed by atoms with E-state index in [1.165, 1.54) is 0 Å². The minimum Gasteiger partial charge on any atom is -0.393 e. The van der Waals surface area contributed by atoms with E-state index in [0.29, 0.717) is 36.5 Å². The highest BCUT2D eigenvalue weighted by Gasteiger charge is 2.35. The van der Waals surface area contributed by atoms with E-state index in [2.05, 4.69) is 20.3 Å². The van der Waals surface area contributed by atoms with Gasteiger partial charge in [0.05, 0.1) is 17.4 Å². The van der Waals surface area contributed by atoms with Crippen molar-refractivity contribution < 1.29 is 9.90 Å². The second-order valence-corrected chi connectivity index (χ2v) is 7.05. The molecule has 138 valence electrons. The number of amides is 1. The molecular formula is C19H25N5O2. The van der Waals surface area contributed by atoms with Crippen molar-refractivity contribution in [1.29, 1.82) is 0 Å². The van der Waals surface area contributed by atoms with Gasteiger partial charge in [0, 0.05) is 44.6 Å². The molecule has 1 amide bonds. The highest BCUT2D eigenvalue weighted by Crippen LogP contribution is 2.31. The third-order valence-corrected chi connectivity index (χ3v) is 4.80. The first-order valence-corrected chi connectivity index (χ1v) is 8.84. The van der Waals surface area contributed by atoms with E-state index < -0.39 is 0 Å². The number of rotatable bonds is 6. The van der Waals surface area contributed by atoms with Crippen LogP contribution in [0.2, 0.25) is 0 Å². The number of aryl methyl sites for hydroxylation is 1. The molecule has 1 saturated carbocycles. The van der Waals surface area contributed by atoms with E-state index in [0.717, 1.165) is 5.69 Å². The van der Waals surface area contributed by atoms with Crippen molar-refractivity contribution in [1.82, 2.24) is 20.3 Å². The summed E-state index contributed by atoms with van der Waals surface area (Å²) in [5.41, 5.74) is 2.04. The fourth-order valence-corrected chi connectivity index (χ4v) is 3.18. The van der Waals surface area contributed by atoms with Gasteiger partial charge < -0.3 is 15.3 Å². The molecule has 0 unspecified atom stereocenters. The van der Waals surface area contributed by atoms with E-state index in [1.54, 1.807) is 17.3 Å². The van der Waals surface area contributed by atoms with E-state index in [4.69, 9.17) is 0 Å². The topological polar surface area (TPSA) is 91.2 Å². The van der Waals surface area contributed by atoms with Gasteiger partial charge in [-0.15, -0.1) is 0 Å². The monoisotopic (exact) mass is 355 g/mol. The predicted molar refractivity (Wildman–Crippen MR) is 99.0 cm³/mol. The number of carbonyl (C=O) groups excluding carboxylic acids is 1. The number of carbonyl (C=O) groups is 1. The van der Waals surface area contributed by atoms with Crippen LogP contribution in [0.4, 0.5) is 5.95 Å². The summed E-state index contributed by atoms with van der Waals surface area (Å²) in [5.74, 6) is 0.638. The summed E-state index contributed by atoms with van der Waals surface area (Å²) < 4.78 is 0. The van der Waals surface area contributed by atoms with Crippen molar-refractivity contribution >= 4 is 11.9 Å². The summed E-state index contributed by atoms with van der Waals surface area (Å²) in [6.45, 7) is 1.81. The first kappa shape index (κ1) is 18.3. The number of nitrogens with zero attached hydrogens (tertiary/aromatic N) is 4. The van der Waals surface area contributed by atoms with Gasteiger partial charge in [-0.2, -0.15) is 0 Å². The van der Waals surface area contributed by atoms with Crippen molar-refractivity contribution in [3.8, 4) is 0 Å².